The van der Waals surface area contributed by atoms with Crippen LogP contribution in [-0.4, -0.2) is 31.3 Å². The molecule has 3 heterocycles. The number of aryl methyl sites for hydroxylation is 2. The molecule has 2 aromatic carbocycles. The molecule has 0 saturated heterocycles. The second kappa shape index (κ2) is 8.98. The lowest BCUT2D eigenvalue weighted by Crippen LogP contribution is -2.33. The van der Waals surface area contributed by atoms with Gasteiger partial charge in [0.25, 0.3) is 11.5 Å². The second-order valence-electron chi connectivity index (χ2n) is 8.63. The highest BCUT2D eigenvalue weighted by Crippen LogP contribution is 2.19. The molecule has 0 atom stereocenters. The van der Waals surface area contributed by atoms with Crippen LogP contribution in [0.3, 0.4) is 0 Å². The molecule has 1 amide bonds. The maximum atomic E-state index is 13.8. The maximum Gasteiger partial charge on any atom is 0.270 e. The van der Waals surface area contributed by atoms with Crippen molar-refractivity contribution in [1.29, 1.82) is 0 Å². The summed E-state index contributed by atoms with van der Waals surface area (Å²) in [6, 6.07) is 25.5. The van der Waals surface area contributed by atoms with Gasteiger partial charge in [-0.05, 0) is 42.2 Å². The van der Waals surface area contributed by atoms with Gasteiger partial charge in [-0.2, -0.15) is 0 Å². The third-order valence-electron chi connectivity index (χ3n) is 6.18. The maximum absolute atomic E-state index is 13.8. The average molecular weight is 451 g/mol. The van der Waals surface area contributed by atoms with Crippen molar-refractivity contribution in [3.63, 3.8) is 0 Å². The lowest BCUT2D eigenvalue weighted by Gasteiger charge is -2.23. The zero-order valence-electron chi connectivity index (χ0n) is 19.3. The Morgan fingerprint density at radius 2 is 1.62 bits per heavy atom. The summed E-state index contributed by atoms with van der Waals surface area (Å²) in [5, 5.41) is 0.441. The van der Waals surface area contributed by atoms with Crippen LogP contribution in [0.2, 0.25) is 0 Å². The standard InChI is InChI=1S/C28H26N4O2/c1-20-13-14-25-29-26-23(27(33)32(25)18-20)17-24(30(26)2)28(34)31(19-22-11-7-4-8-12-22)16-15-21-9-5-3-6-10-21/h3-14,17-18H,15-16,19H2,1-2H3. The van der Waals surface area contributed by atoms with Crippen molar-refractivity contribution in [2.45, 2.75) is 19.9 Å². The molecule has 0 bridgehead atoms. The molecule has 0 aliphatic rings. The number of hydrogen-bond acceptors (Lipinski definition) is 3. The van der Waals surface area contributed by atoms with Crippen molar-refractivity contribution >= 4 is 22.6 Å². The van der Waals surface area contributed by atoms with E-state index in [0.717, 1.165) is 17.5 Å². The Hall–Kier alpha value is -4.19. The molecule has 6 nitrogen and oxygen atoms in total. The van der Waals surface area contributed by atoms with Crippen molar-refractivity contribution in [2.75, 3.05) is 6.54 Å². The van der Waals surface area contributed by atoms with Crippen molar-refractivity contribution in [3.05, 3.63) is 118 Å². The van der Waals surface area contributed by atoms with E-state index in [1.807, 2.05) is 72.5 Å². The first-order valence-electron chi connectivity index (χ1n) is 11.4. The number of pyridine rings is 1. The molecule has 170 valence electrons. The van der Waals surface area contributed by atoms with Gasteiger partial charge in [0, 0.05) is 26.3 Å². The van der Waals surface area contributed by atoms with Crippen LogP contribution in [0.15, 0.2) is 89.9 Å². The molecule has 0 radical (unpaired) electrons. The quantitative estimate of drug-likeness (QED) is 0.386. The van der Waals surface area contributed by atoms with Gasteiger partial charge in [0.1, 0.15) is 17.0 Å². The van der Waals surface area contributed by atoms with E-state index in [4.69, 9.17) is 0 Å². The van der Waals surface area contributed by atoms with E-state index in [0.29, 0.717) is 35.5 Å². The summed E-state index contributed by atoms with van der Waals surface area (Å²) >= 11 is 0. The fourth-order valence-corrected chi connectivity index (χ4v) is 4.31. The highest BCUT2D eigenvalue weighted by molar-refractivity contribution is 5.98. The predicted octanol–water partition coefficient (Wildman–Crippen LogP) is 4.38. The first-order chi connectivity index (χ1) is 16.5. The van der Waals surface area contributed by atoms with Crippen LogP contribution in [-0.2, 0) is 20.0 Å². The molecule has 0 fully saturated rings. The van der Waals surface area contributed by atoms with Gasteiger partial charge in [-0.25, -0.2) is 4.98 Å². The van der Waals surface area contributed by atoms with Crippen LogP contribution in [0.4, 0.5) is 0 Å². The Balaban J connectivity index is 1.54. The van der Waals surface area contributed by atoms with Gasteiger partial charge in [-0.3, -0.25) is 14.0 Å². The van der Waals surface area contributed by atoms with Gasteiger partial charge in [0.2, 0.25) is 0 Å². The Morgan fingerprint density at radius 1 is 0.941 bits per heavy atom. The summed E-state index contributed by atoms with van der Waals surface area (Å²) in [7, 11) is 1.80. The number of fused-ring (bicyclic) bond motifs is 2. The van der Waals surface area contributed by atoms with Gasteiger partial charge in [0.05, 0.1) is 5.39 Å². The van der Waals surface area contributed by atoms with Crippen LogP contribution in [0.5, 0.6) is 0 Å². The van der Waals surface area contributed by atoms with Gasteiger partial charge in [-0.15, -0.1) is 0 Å². The number of nitrogens with zero attached hydrogens (tertiary/aromatic N) is 4. The highest BCUT2D eigenvalue weighted by atomic mass is 16.2. The Kier molecular flexibility index (Phi) is 5.72. The number of carbonyl (C=O) groups excluding carboxylic acids is 1. The molecular formula is C28H26N4O2. The second-order valence-corrected chi connectivity index (χ2v) is 8.63. The number of amides is 1. The van der Waals surface area contributed by atoms with E-state index in [9.17, 15) is 9.59 Å². The van der Waals surface area contributed by atoms with E-state index in [1.165, 1.54) is 5.56 Å². The van der Waals surface area contributed by atoms with E-state index < -0.39 is 0 Å². The smallest absolute Gasteiger partial charge is 0.270 e. The van der Waals surface area contributed by atoms with Crippen molar-refractivity contribution in [2.24, 2.45) is 7.05 Å². The SMILES string of the molecule is Cc1ccc2nc3c(cc(C(=O)N(CCc4ccccc4)Cc4ccccc4)n3C)c(=O)n2c1. The average Bonchev–Trinajstić information content (AvgIpc) is 3.19. The molecule has 0 aliphatic heterocycles. The Labute approximate surface area is 197 Å². The molecule has 0 unspecified atom stereocenters. The molecule has 5 aromatic rings. The fraction of sp³-hybridized carbons (Fsp3) is 0.179. The lowest BCUT2D eigenvalue weighted by atomic mass is 10.1. The predicted molar refractivity (Wildman–Crippen MR) is 134 cm³/mol. The van der Waals surface area contributed by atoms with Crippen LogP contribution in [0.1, 0.15) is 27.2 Å². The number of benzene rings is 2. The number of rotatable bonds is 6. The van der Waals surface area contributed by atoms with Gasteiger partial charge < -0.3 is 9.47 Å². The summed E-state index contributed by atoms with van der Waals surface area (Å²) < 4.78 is 3.28. The van der Waals surface area contributed by atoms with Gasteiger partial charge >= 0.3 is 0 Å². The minimum absolute atomic E-state index is 0.120. The molecular weight excluding hydrogens is 424 g/mol. The number of hydrogen-bond donors (Lipinski definition) is 0. The fourth-order valence-electron chi connectivity index (χ4n) is 4.31. The zero-order valence-corrected chi connectivity index (χ0v) is 19.3. The summed E-state index contributed by atoms with van der Waals surface area (Å²) in [6.45, 7) is 2.98. The summed E-state index contributed by atoms with van der Waals surface area (Å²) in [5.74, 6) is -0.120. The first kappa shape index (κ1) is 21.6. The number of aromatic nitrogens is 3. The largest absolute Gasteiger partial charge is 0.333 e. The molecule has 0 N–H and O–H groups in total. The topological polar surface area (TPSA) is 59.6 Å². The van der Waals surface area contributed by atoms with E-state index in [1.54, 1.807) is 28.3 Å². The Morgan fingerprint density at radius 3 is 2.32 bits per heavy atom. The van der Waals surface area contributed by atoms with E-state index in [-0.39, 0.29) is 11.5 Å². The first-order valence-corrected chi connectivity index (χ1v) is 11.4. The number of carbonyl (C=O) groups is 1. The monoisotopic (exact) mass is 450 g/mol. The lowest BCUT2D eigenvalue weighted by molar-refractivity contribution is 0.0736. The zero-order chi connectivity index (χ0) is 23.7. The third kappa shape index (κ3) is 4.10. The molecule has 5 rings (SSSR count). The minimum atomic E-state index is -0.169. The Bertz CT molecular complexity index is 1540. The summed E-state index contributed by atoms with van der Waals surface area (Å²) in [4.78, 5) is 33.5. The highest BCUT2D eigenvalue weighted by Gasteiger charge is 2.23. The summed E-state index contributed by atoms with van der Waals surface area (Å²) in [5.41, 5.74) is 4.56. The van der Waals surface area contributed by atoms with Gasteiger partial charge in [-0.1, -0.05) is 66.7 Å². The van der Waals surface area contributed by atoms with Crippen LogP contribution in [0, 0.1) is 6.92 Å². The van der Waals surface area contributed by atoms with Crippen molar-refractivity contribution in [1.82, 2.24) is 18.9 Å². The van der Waals surface area contributed by atoms with E-state index in [2.05, 4.69) is 17.1 Å². The molecule has 0 aliphatic carbocycles. The normalized spacial score (nSPS) is 11.2. The summed E-state index contributed by atoms with van der Waals surface area (Å²) in [6.07, 6.45) is 2.52. The van der Waals surface area contributed by atoms with Gasteiger partial charge in [0.15, 0.2) is 0 Å². The van der Waals surface area contributed by atoms with E-state index >= 15 is 0 Å². The third-order valence-corrected chi connectivity index (χ3v) is 6.18. The van der Waals surface area contributed by atoms with Crippen molar-refractivity contribution in [3.8, 4) is 0 Å². The van der Waals surface area contributed by atoms with Crippen LogP contribution in [0.25, 0.3) is 16.7 Å². The molecule has 0 spiro atoms. The minimum Gasteiger partial charge on any atom is -0.333 e. The molecule has 3 aromatic heterocycles. The van der Waals surface area contributed by atoms with Crippen molar-refractivity contribution < 1.29 is 4.79 Å². The molecule has 6 heteroatoms. The molecule has 34 heavy (non-hydrogen) atoms. The van der Waals surface area contributed by atoms with Crippen LogP contribution >= 0.6 is 0 Å². The molecule has 0 saturated carbocycles. The van der Waals surface area contributed by atoms with Crippen LogP contribution < -0.4 is 5.56 Å².